The van der Waals surface area contributed by atoms with E-state index >= 15 is 0 Å². The Labute approximate surface area is 169 Å². The first-order valence-electron chi connectivity index (χ1n) is 9.76. The van der Waals surface area contributed by atoms with E-state index in [9.17, 15) is 4.79 Å². The molecule has 1 saturated heterocycles. The third-order valence-electron chi connectivity index (χ3n) is 5.85. The molecule has 28 heavy (non-hydrogen) atoms. The molecule has 0 atom stereocenters. The molecule has 3 aromatic rings. The summed E-state index contributed by atoms with van der Waals surface area (Å²) in [5.41, 5.74) is 3.58. The highest BCUT2D eigenvalue weighted by molar-refractivity contribution is 8.00. The number of benzene rings is 2. The average molecular weight is 390 g/mol. The van der Waals surface area contributed by atoms with E-state index in [0.29, 0.717) is 5.75 Å². The molecule has 4 nitrogen and oxygen atoms in total. The monoisotopic (exact) mass is 389 g/mol. The molecule has 2 aromatic carbocycles. The lowest BCUT2D eigenvalue weighted by molar-refractivity contribution is -0.129. The number of thioether (sulfide) groups is 1. The molecule has 142 valence electrons. The summed E-state index contributed by atoms with van der Waals surface area (Å²) in [7, 11) is 0. The largest absolute Gasteiger partial charge is 0.372 e. The summed E-state index contributed by atoms with van der Waals surface area (Å²) in [5.74, 6) is 0.735. The molecule has 1 N–H and O–H groups in total. The normalized spacial score (nSPS) is 16.9. The van der Waals surface area contributed by atoms with Crippen molar-refractivity contribution in [1.82, 2.24) is 9.47 Å². The maximum Gasteiger partial charge on any atom is 0.232 e. The number of amides is 1. The predicted octanol–water partition coefficient (Wildman–Crippen LogP) is 4.51. The zero-order valence-corrected chi connectivity index (χ0v) is 16.5. The number of likely N-dealkylation sites (tertiary alicyclic amines) is 1. The number of hydrogen-bond donors (Lipinski definition) is 1. The fraction of sp³-hybridized carbons (Fsp3) is 0.261. The van der Waals surface area contributed by atoms with Gasteiger partial charge in [0.25, 0.3) is 0 Å². The summed E-state index contributed by atoms with van der Waals surface area (Å²) >= 11 is 1.62. The van der Waals surface area contributed by atoms with E-state index in [4.69, 9.17) is 0 Å². The quantitative estimate of drug-likeness (QED) is 0.670. The fourth-order valence-corrected chi connectivity index (χ4v) is 5.19. The minimum Gasteiger partial charge on any atom is -0.372 e. The Morgan fingerprint density at radius 3 is 2.54 bits per heavy atom. The number of nitrogens with one attached hydrogen (secondary N) is 1. The van der Waals surface area contributed by atoms with Crippen LogP contribution in [0.4, 0.5) is 5.69 Å². The van der Waals surface area contributed by atoms with E-state index in [1.807, 2.05) is 23.1 Å². The van der Waals surface area contributed by atoms with Gasteiger partial charge in [-0.2, -0.15) is 0 Å². The second-order valence-electron chi connectivity index (χ2n) is 7.47. The van der Waals surface area contributed by atoms with Crippen LogP contribution >= 0.6 is 11.8 Å². The van der Waals surface area contributed by atoms with Crippen LogP contribution in [-0.4, -0.2) is 34.2 Å². The van der Waals surface area contributed by atoms with Crippen molar-refractivity contribution < 1.29 is 4.79 Å². The zero-order chi connectivity index (χ0) is 19.0. The van der Waals surface area contributed by atoms with Gasteiger partial charge in [-0.25, -0.2) is 0 Å². The van der Waals surface area contributed by atoms with Gasteiger partial charge >= 0.3 is 0 Å². The number of piperidine rings is 1. The van der Waals surface area contributed by atoms with Crippen molar-refractivity contribution in [1.29, 1.82) is 0 Å². The molecule has 1 spiro atoms. The van der Waals surface area contributed by atoms with Crippen LogP contribution in [0.15, 0.2) is 77.8 Å². The van der Waals surface area contributed by atoms with Crippen molar-refractivity contribution in [2.24, 2.45) is 0 Å². The van der Waals surface area contributed by atoms with E-state index in [-0.39, 0.29) is 11.4 Å². The molecule has 2 aliphatic heterocycles. The SMILES string of the molecule is O=C(CSc1ccccc1)N1CCC2(CC1)Nc1ccccc1-n1cccc12. The van der Waals surface area contributed by atoms with Crippen LogP contribution in [0.25, 0.3) is 5.69 Å². The van der Waals surface area contributed by atoms with Crippen LogP contribution < -0.4 is 5.32 Å². The topological polar surface area (TPSA) is 37.3 Å². The third-order valence-corrected chi connectivity index (χ3v) is 6.85. The highest BCUT2D eigenvalue weighted by Gasteiger charge is 2.42. The van der Waals surface area contributed by atoms with Crippen molar-refractivity contribution >= 4 is 23.4 Å². The molecular weight excluding hydrogens is 366 g/mol. The lowest BCUT2D eigenvalue weighted by Crippen LogP contribution is -2.51. The van der Waals surface area contributed by atoms with E-state index in [1.165, 1.54) is 17.1 Å². The number of carbonyl (C=O) groups excluding carboxylic acids is 1. The molecule has 2 aliphatic rings. The van der Waals surface area contributed by atoms with E-state index in [1.54, 1.807) is 11.8 Å². The smallest absolute Gasteiger partial charge is 0.232 e. The van der Waals surface area contributed by atoms with Crippen LogP contribution in [0.2, 0.25) is 0 Å². The zero-order valence-electron chi connectivity index (χ0n) is 15.7. The standard InChI is InChI=1S/C23H23N3OS/c27-22(17-28-18-7-2-1-3-8-18)25-15-12-23(13-16-25)21-11-6-14-26(21)20-10-5-4-9-19(20)24-23/h1-11,14,24H,12-13,15-17H2. The molecule has 5 heteroatoms. The summed E-state index contributed by atoms with van der Waals surface area (Å²) in [4.78, 5) is 15.9. The van der Waals surface area contributed by atoms with Crippen molar-refractivity contribution in [3.8, 4) is 5.69 Å². The minimum absolute atomic E-state index is 0.0960. The van der Waals surface area contributed by atoms with Gasteiger partial charge in [-0.3, -0.25) is 4.79 Å². The van der Waals surface area contributed by atoms with Crippen molar-refractivity contribution in [3.05, 3.63) is 78.6 Å². The van der Waals surface area contributed by atoms with Crippen LogP contribution in [0, 0.1) is 0 Å². The van der Waals surface area contributed by atoms with Gasteiger partial charge in [0.1, 0.15) is 0 Å². The van der Waals surface area contributed by atoms with Crippen LogP contribution in [-0.2, 0) is 10.3 Å². The van der Waals surface area contributed by atoms with Gasteiger partial charge in [-0.1, -0.05) is 30.3 Å². The Morgan fingerprint density at radius 2 is 1.71 bits per heavy atom. The molecule has 0 aliphatic carbocycles. The molecular formula is C23H23N3OS. The maximum absolute atomic E-state index is 12.7. The Bertz CT molecular complexity index is 990. The Hall–Kier alpha value is -2.66. The number of rotatable bonds is 3. The molecule has 3 heterocycles. The van der Waals surface area contributed by atoms with Gasteiger partial charge in [-0.05, 0) is 49.2 Å². The minimum atomic E-state index is -0.0960. The van der Waals surface area contributed by atoms with Crippen molar-refractivity contribution in [2.75, 3.05) is 24.2 Å². The summed E-state index contributed by atoms with van der Waals surface area (Å²) in [6.45, 7) is 1.57. The summed E-state index contributed by atoms with van der Waals surface area (Å²) in [5, 5.41) is 3.81. The number of hydrogen-bond acceptors (Lipinski definition) is 3. The molecule has 1 fully saturated rings. The first-order chi connectivity index (χ1) is 13.8. The van der Waals surface area contributed by atoms with Gasteiger partial charge in [0.05, 0.1) is 22.7 Å². The summed E-state index contributed by atoms with van der Waals surface area (Å²) in [6.07, 6.45) is 3.99. The molecule has 1 amide bonds. The molecule has 1 aromatic heterocycles. The highest BCUT2D eigenvalue weighted by Crippen LogP contribution is 2.43. The third kappa shape index (κ3) is 3.00. The Balaban J connectivity index is 1.29. The van der Waals surface area contributed by atoms with E-state index in [2.05, 4.69) is 64.6 Å². The van der Waals surface area contributed by atoms with Gasteiger partial charge in [0.15, 0.2) is 0 Å². The number of anilines is 1. The first-order valence-corrected chi connectivity index (χ1v) is 10.7. The van der Waals surface area contributed by atoms with Gasteiger partial charge in [0.2, 0.25) is 5.91 Å². The van der Waals surface area contributed by atoms with E-state index in [0.717, 1.165) is 30.8 Å². The van der Waals surface area contributed by atoms with Crippen molar-refractivity contribution in [3.63, 3.8) is 0 Å². The van der Waals surface area contributed by atoms with Crippen LogP contribution in [0.3, 0.4) is 0 Å². The second kappa shape index (κ2) is 7.06. The van der Waals surface area contributed by atoms with Gasteiger partial charge in [0, 0.05) is 29.9 Å². The second-order valence-corrected chi connectivity index (χ2v) is 8.52. The van der Waals surface area contributed by atoms with Crippen LogP contribution in [0.5, 0.6) is 0 Å². The molecule has 0 saturated carbocycles. The molecule has 0 radical (unpaired) electrons. The number of aromatic nitrogens is 1. The Morgan fingerprint density at radius 1 is 0.964 bits per heavy atom. The average Bonchev–Trinajstić information content (AvgIpc) is 3.25. The van der Waals surface area contributed by atoms with Crippen molar-refractivity contribution in [2.45, 2.75) is 23.3 Å². The number of para-hydroxylation sites is 2. The van der Waals surface area contributed by atoms with Gasteiger partial charge in [-0.15, -0.1) is 11.8 Å². The number of carbonyl (C=O) groups is 1. The summed E-state index contributed by atoms with van der Waals surface area (Å²) in [6, 6.07) is 22.9. The fourth-order valence-electron chi connectivity index (χ4n) is 4.36. The summed E-state index contributed by atoms with van der Waals surface area (Å²) < 4.78 is 2.30. The lowest BCUT2D eigenvalue weighted by Gasteiger charge is -2.46. The molecule has 0 unspecified atom stereocenters. The van der Waals surface area contributed by atoms with Crippen LogP contribution in [0.1, 0.15) is 18.5 Å². The lowest BCUT2D eigenvalue weighted by atomic mass is 9.82. The highest BCUT2D eigenvalue weighted by atomic mass is 32.2. The molecule has 0 bridgehead atoms. The van der Waals surface area contributed by atoms with E-state index < -0.39 is 0 Å². The number of fused-ring (bicyclic) bond motifs is 4. The first kappa shape index (κ1) is 17.4. The maximum atomic E-state index is 12.7. The predicted molar refractivity (Wildman–Crippen MR) is 114 cm³/mol. The number of nitrogens with zero attached hydrogens (tertiary/aromatic N) is 2. The molecule has 5 rings (SSSR count). The van der Waals surface area contributed by atoms with Gasteiger partial charge < -0.3 is 14.8 Å². The Kier molecular flexibility index (Phi) is 4.40.